The minimum absolute atomic E-state index is 0.0142. The van der Waals surface area contributed by atoms with E-state index in [1.807, 2.05) is 67.8 Å². The standard InChI is InChI=1S/C30H33N3O5S/c1-18(2)16-33-24(13-14-31-29(37)38-30(3,4)5)25(19-9-7-6-8-10-19)22-15-20(11-12-21(22)27(33)34)26-32-23(17-39-26)28(35)36/h6-12,15,17-18H,13-14,16H2,1-5H3,(H,31,37)(H,35,36). The highest BCUT2D eigenvalue weighted by Crippen LogP contribution is 2.35. The van der Waals surface area contributed by atoms with Crippen LogP contribution in [0.3, 0.4) is 0 Å². The van der Waals surface area contributed by atoms with Crippen LogP contribution in [0, 0.1) is 5.92 Å². The predicted molar refractivity (Wildman–Crippen MR) is 154 cm³/mol. The monoisotopic (exact) mass is 547 g/mol. The zero-order valence-electron chi connectivity index (χ0n) is 22.8. The highest BCUT2D eigenvalue weighted by atomic mass is 32.1. The molecule has 0 aliphatic carbocycles. The molecule has 0 atom stereocenters. The lowest BCUT2D eigenvalue weighted by molar-refractivity contribution is 0.0527. The highest BCUT2D eigenvalue weighted by molar-refractivity contribution is 7.13. The van der Waals surface area contributed by atoms with Crippen molar-refractivity contribution in [2.75, 3.05) is 6.54 Å². The summed E-state index contributed by atoms with van der Waals surface area (Å²) in [7, 11) is 0. The van der Waals surface area contributed by atoms with Gasteiger partial charge in [-0.3, -0.25) is 4.79 Å². The summed E-state index contributed by atoms with van der Waals surface area (Å²) in [4.78, 5) is 41.9. The maximum atomic E-state index is 13.9. The average Bonchev–Trinajstić information content (AvgIpc) is 3.36. The number of carbonyl (C=O) groups excluding carboxylic acids is 1. The number of carboxylic acids is 1. The van der Waals surface area contributed by atoms with Crippen molar-refractivity contribution in [3.8, 4) is 21.7 Å². The molecule has 4 rings (SSSR count). The van der Waals surface area contributed by atoms with Crippen LogP contribution in [0.5, 0.6) is 0 Å². The second-order valence-corrected chi connectivity index (χ2v) is 11.6. The number of aromatic carboxylic acids is 1. The van der Waals surface area contributed by atoms with Gasteiger partial charge in [0.05, 0.1) is 0 Å². The van der Waals surface area contributed by atoms with Crippen molar-refractivity contribution in [2.45, 2.75) is 53.2 Å². The number of benzene rings is 2. The van der Waals surface area contributed by atoms with Gasteiger partial charge in [0.1, 0.15) is 10.6 Å². The van der Waals surface area contributed by atoms with Gasteiger partial charge in [-0.05, 0) is 49.8 Å². The number of aromatic nitrogens is 2. The normalized spacial score (nSPS) is 11.6. The topological polar surface area (TPSA) is 111 Å². The molecule has 0 bridgehead atoms. The number of fused-ring (bicyclic) bond motifs is 1. The van der Waals surface area contributed by atoms with E-state index in [-0.39, 0.29) is 23.7 Å². The number of nitrogens with zero attached hydrogens (tertiary/aromatic N) is 2. The number of hydrogen-bond acceptors (Lipinski definition) is 6. The molecule has 2 aromatic carbocycles. The predicted octanol–water partition coefficient (Wildman–Crippen LogP) is 6.21. The molecule has 1 amide bonds. The van der Waals surface area contributed by atoms with E-state index in [2.05, 4.69) is 24.1 Å². The fraction of sp³-hybridized carbons (Fsp3) is 0.333. The number of carbonyl (C=O) groups is 2. The smallest absolute Gasteiger partial charge is 0.407 e. The number of thiazole rings is 1. The molecule has 0 saturated carbocycles. The van der Waals surface area contributed by atoms with E-state index in [4.69, 9.17) is 4.74 Å². The number of nitrogens with one attached hydrogen (secondary N) is 1. The molecule has 0 aliphatic heterocycles. The molecule has 2 heterocycles. The van der Waals surface area contributed by atoms with Gasteiger partial charge in [0.25, 0.3) is 5.56 Å². The minimum atomic E-state index is -1.08. The summed E-state index contributed by atoms with van der Waals surface area (Å²) in [6, 6.07) is 15.4. The summed E-state index contributed by atoms with van der Waals surface area (Å²) in [5.41, 5.74) is 2.64. The third-order valence-electron chi connectivity index (χ3n) is 5.99. The Morgan fingerprint density at radius 3 is 2.41 bits per heavy atom. The van der Waals surface area contributed by atoms with Gasteiger partial charge in [-0.1, -0.05) is 50.2 Å². The van der Waals surface area contributed by atoms with E-state index in [0.717, 1.165) is 27.8 Å². The number of ether oxygens (including phenoxy) is 1. The van der Waals surface area contributed by atoms with Crippen LogP contribution in [0.1, 0.15) is 50.8 Å². The largest absolute Gasteiger partial charge is 0.476 e. The summed E-state index contributed by atoms with van der Waals surface area (Å²) in [6.07, 6.45) is -0.103. The lowest BCUT2D eigenvalue weighted by Gasteiger charge is -2.23. The summed E-state index contributed by atoms with van der Waals surface area (Å²) in [5, 5.41) is 15.5. The van der Waals surface area contributed by atoms with Crippen molar-refractivity contribution in [3.05, 3.63) is 75.7 Å². The number of amides is 1. The Hall–Kier alpha value is -3.98. The molecule has 0 unspecified atom stereocenters. The van der Waals surface area contributed by atoms with Gasteiger partial charge in [-0.15, -0.1) is 11.3 Å². The fourth-order valence-electron chi connectivity index (χ4n) is 4.48. The van der Waals surface area contributed by atoms with E-state index in [9.17, 15) is 19.5 Å². The first-order chi connectivity index (χ1) is 18.4. The average molecular weight is 548 g/mol. The molecule has 8 nitrogen and oxygen atoms in total. The van der Waals surface area contributed by atoms with Crippen LogP contribution in [-0.4, -0.2) is 38.9 Å². The van der Waals surface area contributed by atoms with E-state index < -0.39 is 17.7 Å². The van der Waals surface area contributed by atoms with Crippen LogP contribution in [0.4, 0.5) is 4.79 Å². The molecular weight excluding hydrogens is 514 g/mol. The first kappa shape index (κ1) is 28.0. The molecule has 4 aromatic rings. The number of alkyl carbamates (subject to hydrolysis) is 1. The maximum absolute atomic E-state index is 13.9. The Labute approximate surface area is 231 Å². The van der Waals surface area contributed by atoms with Gasteiger partial charge < -0.3 is 19.7 Å². The van der Waals surface area contributed by atoms with E-state index in [1.165, 1.54) is 16.7 Å². The number of pyridine rings is 1. The van der Waals surface area contributed by atoms with Gasteiger partial charge in [-0.2, -0.15) is 0 Å². The van der Waals surface area contributed by atoms with Gasteiger partial charge in [0, 0.05) is 47.1 Å². The van der Waals surface area contributed by atoms with E-state index >= 15 is 0 Å². The lowest BCUT2D eigenvalue weighted by Crippen LogP contribution is -2.35. The van der Waals surface area contributed by atoms with Crippen molar-refractivity contribution >= 4 is 34.2 Å². The van der Waals surface area contributed by atoms with Crippen LogP contribution < -0.4 is 10.9 Å². The molecule has 39 heavy (non-hydrogen) atoms. The first-order valence-electron chi connectivity index (χ1n) is 12.9. The van der Waals surface area contributed by atoms with Gasteiger partial charge >= 0.3 is 12.1 Å². The molecule has 0 aliphatic rings. The van der Waals surface area contributed by atoms with Gasteiger partial charge in [-0.25, -0.2) is 14.6 Å². The molecule has 0 saturated heterocycles. The summed E-state index contributed by atoms with van der Waals surface area (Å²) in [5.74, 6) is -0.870. The third kappa shape index (κ3) is 6.54. The second kappa shape index (κ2) is 11.4. The quantitative estimate of drug-likeness (QED) is 0.271. The van der Waals surface area contributed by atoms with Crippen LogP contribution in [0.2, 0.25) is 0 Å². The molecule has 0 radical (unpaired) electrons. The SMILES string of the molecule is CC(C)Cn1c(CCNC(=O)OC(C)(C)C)c(-c2ccccc2)c2cc(-c3nc(C(=O)O)cs3)ccc2c1=O. The number of hydrogen-bond donors (Lipinski definition) is 2. The maximum Gasteiger partial charge on any atom is 0.407 e. The number of rotatable bonds is 8. The van der Waals surface area contributed by atoms with Crippen LogP contribution in [0.15, 0.2) is 58.7 Å². The van der Waals surface area contributed by atoms with Crippen molar-refractivity contribution in [2.24, 2.45) is 5.92 Å². The Morgan fingerprint density at radius 1 is 1.08 bits per heavy atom. The third-order valence-corrected chi connectivity index (χ3v) is 6.88. The summed E-state index contributed by atoms with van der Waals surface area (Å²) in [6.45, 7) is 10.4. The van der Waals surface area contributed by atoms with Gasteiger partial charge in [0.15, 0.2) is 5.69 Å². The zero-order chi connectivity index (χ0) is 28.3. The van der Waals surface area contributed by atoms with Crippen LogP contribution >= 0.6 is 11.3 Å². The van der Waals surface area contributed by atoms with Crippen molar-refractivity contribution in [1.82, 2.24) is 14.9 Å². The van der Waals surface area contributed by atoms with Crippen molar-refractivity contribution in [1.29, 1.82) is 0 Å². The molecule has 204 valence electrons. The first-order valence-corrected chi connectivity index (χ1v) is 13.7. The van der Waals surface area contributed by atoms with Crippen LogP contribution in [0.25, 0.3) is 32.5 Å². The summed E-state index contributed by atoms with van der Waals surface area (Å²) >= 11 is 1.25. The lowest BCUT2D eigenvalue weighted by atomic mass is 9.94. The molecule has 9 heteroatoms. The Kier molecular flexibility index (Phi) is 8.20. The molecular formula is C30H33N3O5S. The Balaban J connectivity index is 1.90. The highest BCUT2D eigenvalue weighted by Gasteiger charge is 2.21. The number of carboxylic acid groups (broad SMARTS) is 1. The Morgan fingerprint density at radius 2 is 1.79 bits per heavy atom. The minimum Gasteiger partial charge on any atom is -0.476 e. The molecule has 2 N–H and O–H groups in total. The second-order valence-electron chi connectivity index (χ2n) is 10.8. The van der Waals surface area contributed by atoms with Crippen molar-refractivity contribution in [3.63, 3.8) is 0 Å². The van der Waals surface area contributed by atoms with Crippen molar-refractivity contribution < 1.29 is 19.4 Å². The molecule has 0 spiro atoms. The Bertz CT molecular complexity index is 1570. The van der Waals surface area contributed by atoms with E-state index in [0.29, 0.717) is 23.4 Å². The fourth-order valence-corrected chi connectivity index (χ4v) is 5.27. The summed E-state index contributed by atoms with van der Waals surface area (Å²) < 4.78 is 7.21. The van der Waals surface area contributed by atoms with Gasteiger partial charge in [0.2, 0.25) is 0 Å². The van der Waals surface area contributed by atoms with E-state index in [1.54, 1.807) is 6.07 Å². The van der Waals surface area contributed by atoms with Crippen LogP contribution in [-0.2, 0) is 17.7 Å². The zero-order valence-corrected chi connectivity index (χ0v) is 23.6. The molecule has 2 aromatic heterocycles. The molecule has 0 fully saturated rings.